The van der Waals surface area contributed by atoms with E-state index in [9.17, 15) is 4.79 Å². The molecule has 0 saturated carbocycles. The van der Waals surface area contributed by atoms with Crippen LogP contribution < -0.4 is 0 Å². The molecule has 3 rings (SSSR count). The van der Waals surface area contributed by atoms with E-state index in [1.54, 1.807) is 31.4 Å². The van der Waals surface area contributed by atoms with Crippen LogP contribution in [-0.4, -0.2) is 35.6 Å². The lowest BCUT2D eigenvalue weighted by molar-refractivity contribution is 0.0720. The second-order valence-electron chi connectivity index (χ2n) is 6.80. The quantitative estimate of drug-likeness (QED) is 0.418. The number of hydrogen-bond acceptors (Lipinski definition) is 2. The molecular formula is C23H24Cl2N2O2. The summed E-state index contributed by atoms with van der Waals surface area (Å²) in [5.74, 6) is -0.0471. The van der Waals surface area contributed by atoms with Gasteiger partial charge in [0.15, 0.2) is 0 Å². The SMILES string of the molecule is COCCCN(Cc1cccn1Cc1ccccc1Cl)C(=O)c1cccc(Cl)c1. The van der Waals surface area contributed by atoms with Crippen molar-refractivity contribution in [1.82, 2.24) is 9.47 Å². The molecule has 0 aliphatic rings. The van der Waals surface area contributed by atoms with Gasteiger partial charge in [0.05, 0.1) is 6.54 Å². The van der Waals surface area contributed by atoms with Crippen LogP contribution in [0.15, 0.2) is 66.9 Å². The van der Waals surface area contributed by atoms with Gasteiger partial charge in [0, 0.05) is 54.3 Å². The normalized spacial score (nSPS) is 10.9. The Balaban J connectivity index is 1.80. The minimum absolute atomic E-state index is 0.0471. The van der Waals surface area contributed by atoms with Gasteiger partial charge in [-0.3, -0.25) is 4.79 Å². The highest BCUT2D eigenvalue weighted by atomic mass is 35.5. The Bertz CT molecular complexity index is 955. The van der Waals surface area contributed by atoms with E-state index in [1.165, 1.54) is 0 Å². The molecule has 29 heavy (non-hydrogen) atoms. The molecule has 0 fully saturated rings. The fraction of sp³-hybridized carbons (Fsp3) is 0.261. The Kier molecular flexibility index (Phi) is 7.76. The first-order chi connectivity index (χ1) is 14.1. The number of amides is 1. The molecule has 4 nitrogen and oxygen atoms in total. The molecule has 152 valence electrons. The third-order valence-electron chi connectivity index (χ3n) is 4.71. The Morgan fingerprint density at radius 1 is 1.07 bits per heavy atom. The number of aromatic nitrogens is 1. The van der Waals surface area contributed by atoms with Crippen LogP contribution in [0.5, 0.6) is 0 Å². The van der Waals surface area contributed by atoms with Crippen LogP contribution in [0.3, 0.4) is 0 Å². The second kappa shape index (κ2) is 10.5. The van der Waals surface area contributed by atoms with Crippen molar-refractivity contribution in [2.75, 3.05) is 20.3 Å². The summed E-state index contributed by atoms with van der Waals surface area (Å²) in [6.45, 7) is 2.34. The summed E-state index contributed by atoms with van der Waals surface area (Å²) in [5, 5.41) is 1.29. The Labute approximate surface area is 181 Å². The summed E-state index contributed by atoms with van der Waals surface area (Å²) in [5.41, 5.74) is 2.66. The molecule has 1 amide bonds. The molecule has 0 aliphatic heterocycles. The minimum atomic E-state index is -0.0471. The maximum Gasteiger partial charge on any atom is 0.254 e. The number of nitrogens with zero attached hydrogens (tertiary/aromatic N) is 2. The fourth-order valence-corrected chi connectivity index (χ4v) is 3.59. The van der Waals surface area contributed by atoms with Gasteiger partial charge >= 0.3 is 0 Å². The van der Waals surface area contributed by atoms with E-state index in [0.717, 1.165) is 22.7 Å². The van der Waals surface area contributed by atoms with Gasteiger partial charge in [-0.15, -0.1) is 0 Å². The Morgan fingerprint density at radius 2 is 1.90 bits per heavy atom. The molecule has 0 spiro atoms. The first-order valence-corrected chi connectivity index (χ1v) is 10.3. The largest absolute Gasteiger partial charge is 0.385 e. The average molecular weight is 431 g/mol. The van der Waals surface area contributed by atoms with Crippen LogP contribution in [-0.2, 0) is 17.8 Å². The van der Waals surface area contributed by atoms with Crippen molar-refractivity contribution in [3.05, 3.63) is 93.7 Å². The van der Waals surface area contributed by atoms with E-state index in [2.05, 4.69) is 4.57 Å². The first-order valence-electron chi connectivity index (χ1n) is 9.49. The molecule has 0 unspecified atom stereocenters. The second-order valence-corrected chi connectivity index (χ2v) is 7.65. The van der Waals surface area contributed by atoms with Crippen molar-refractivity contribution < 1.29 is 9.53 Å². The van der Waals surface area contributed by atoms with E-state index in [1.807, 2.05) is 47.5 Å². The number of methoxy groups -OCH3 is 1. The summed E-state index contributed by atoms with van der Waals surface area (Å²) < 4.78 is 7.29. The van der Waals surface area contributed by atoms with E-state index in [4.69, 9.17) is 27.9 Å². The van der Waals surface area contributed by atoms with Gasteiger partial charge in [-0.2, -0.15) is 0 Å². The summed E-state index contributed by atoms with van der Waals surface area (Å²) in [6, 6.07) is 18.9. The first kappa shape index (κ1) is 21.4. The monoisotopic (exact) mass is 430 g/mol. The smallest absolute Gasteiger partial charge is 0.254 e. The molecule has 1 heterocycles. The molecule has 0 aliphatic carbocycles. The third kappa shape index (κ3) is 5.86. The van der Waals surface area contributed by atoms with Crippen molar-refractivity contribution in [2.24, 2.45) is 0 Å². The predicted octanol–water partition coefficient (Wildman–Crippen LogP) is 5.52. The van der Waals surface area contributed by atoms with Crippen molar-refractivity contribution in [2.45, 2.75) is 19.5 Å². The van der Waals surface area contributed by atoms with Crippen LogP contribution >= 0.6 is 23.2 Å². The molecule has 2 aromatic carbocycles. The van der Waals surface area contributed by atoms with E-state index in [0.29, 0.717) is 36.8 Å². The summed E-state index contributed by atoms with van der Waals surface area (Å²) in [6.07, 6.45) is 2.77. The number of rotatable bonds is 9. The van der Waals surface area contributed by atoms with Gasteiger partial charge in [-0.1, -0.05) is 47.5 Å². The molecular weight excluding hydrogens is 407 g/mol. The zero-order chi connectivity index (χ0) is 20.6. The topological polar surface area (TPSA) is 34.5 Å². The van der Waals surface area contributed by atoms with Gasteiger partial charge in [0.2, 0.25) is 0 Å². The van der Waals surface area contributed by atoms with Gasteiger partial charge in [0.25, 0.3) is 5.91 Å². The van der Waals surface area contributed by atoms with Crippen molar-refractivity contribution in [1.29, 1.82) is 0 Å². The molecule has 1 aromatic heterocycles. The lowest BCUT2D eigenvalue weighted by Gasteiger charge is -2.24. The highest BCUT2D eigenvalue weighted by molar-refractivity contribution is 6.31. The maximum absolute atomic E-state index is 13.1. The highest BCUT2D eigenvalue weighted by Gasteiger charge is 2.18. The van der Waals surface area contributed by atoms with E-state index in [-0.39, 0.29) is 5.91 Å². The van der Waals surface area contributed by atoms with Crippen LogP contribution in [0.25, 0.3) is 0 Å². The van der Waals surface area contributed by atoms with Gasteiger partial charge in [0.1, 0.15) is 0 Å². The molecule has 3 aromatic rings. The predicted molar refractivity (Wildman–Crippen MR) is 118 cm³/mol. The van der Waals surface area contributed by atoms with Crippen LogP contribution in [0, 0.1) is 0 Å². The number of benzene rings is 2. The van der Waals surface area contributed by atoms with Crippen molar-refractivity contribution in [3.63, 3.8) is 0 Å². The van der Waals surface area contributed by atoms with Crippen molar-refractivity contribution >= 4 is 29.1 Å². The fourth-order valence-electron chi connectivity index (χ4n) is 3.21. The molecule has 0 N–H and O–H groups in total. The van der Waals surface area contributed by atoms with E-state index >= 15 is 0 Å². The minimum Gasteiger partial charge on any atom is -0.385 e. The molecule has 0 atom stereocenters. The standard InChI is InChI=1S/C23H24Cl2N2O2/c1-29-14-6-13-27(23(28)18-8-4-9-20(24)15-18)17-21-10-5-12-26(21)16-19-7-2-3-11-22(19)25/h2-5,7-12,15H,6,13-14,16-17H2,1H3. The number of hydrogen-bond donors (Lipinski definition) is 0. The van der Waals surface area contributed by atoms with Crippen LogP contribution in [0.1, 0.15) is 28.0 Å². The molecule has 0 saturated heterocycles. The lowest BCUT2D eigenvalue weighted by Crippen LogP contribution is -2.33. The molecule has 0 bridgehead atoms. The van der Waals surface area contributed by atoms with Crippen LogP contribution in [0.4, 0.5) is 0 Å². The Morgan fingerprint density at radius 3 is 2.66 bits per heavy atom. The van der Waals surface area contributed by atoms with Gasteiger partial charge in [-0.25, -0.2) is 0 Å². The summed E-state index contributed by atoms with van der Waals surface area (Å²) in [7, 11) is 1.66. The number of carbonyl (C=O) groups is 1. The number of carbonyl (C=O) groups excluding carboxylic acids is 1. The molecule has 0 radical (unpaired) electrons. The average Bonchev–Trinajstić information content (AvgIpc) is 3.15. The summed E-state index contributed by atoms with van der Waals surface area (Å²) in [4.78, 5) is 15.0. The third-order valence-corrected chi connectivity index (χ3v) is 5.31. The maximum atomic E-state index is 13.1. The zero-order valence-electron chi connectivity index (χ0n) is 16.4. The lowest BCUT2D eigenvalue weighted by atomic mass is 10.2. The highest BCUT2D eigenvalue weighted by Crippen LogP contribution is 2.19. The van der Waals surface area contributed by atoms with Gasteiger partial charge in [-0.05, 0) is 48.4 Å². The number of ether oxygens (including phenoxy) is 1. The van der Waals surface area contributed by atoms with E-state index < -0.39 is 0 Å². The van der Waals surface area contributed by atoms with Crippen LogP contribution in [0.2, 0.25) is 10.0 Å². The zero-order valence-corrected chi connectivity index (χ0v) is 17.9. The Hall–Kier alpha value is -2.27. The number of halogens is 2. The summed E-state index contributed by atoms with van der Waals surface area (Å²) >= 11 is 12.4. The molecule has 6 heteroatoms. The van der Waals surface area contributed by atoms with Gasteiger partial charge < -0.3 is 14.2 Å². The van der Waals surface area contributed by atoms with Crippen molar-refractivity contribution in [3.8, 4) is 0 Å².